The number of aromatic nitrogens is 2. The highest BCUT2D eigenvalue weighted by Gasteiger charge is 2.69. The quantitative estimate of drug-likeness (QED) is 0.252. The molecule has 246 valence electrons. The number of benzene rings is 1. The third-order valence-corrected chi connectivity index (χ3v) is 15.8. The zero-order chi connectivity index (χ0) is 32.3. The molecule has 1 aromatic heterocycles. The third kappa shape index (κ3) is 4.12. The Hall–Kier alpha value is -2.49. The number of nitrogens with zero attached hydrogens (tertiary/aromatic N) is 2. The summed E-state index contributed by atoms with van der Waals surface area (Å²) < 4.78 is 6.25. The molecule has 46 heavy (non-hydrogen) atoms. The van der Waals surface area contributed by atoms with Crippen LogP contribution in [0.15, 0.2) is 48.2 Å². The lowest BCUT2D eigenvalue weighted by Gasteiger charge is -2.70. The first-order valence-corrected chi connectivity index (χ1v) is 18.6. The van der Waals surface area contributed by atoms with Gasteiger partial charge in [-0.2, -0.15) is 0 Å². The number of ether oxygens (including phenoxy) is 1. The van der Waals surface area contributed by atoms with Gasteiger partial charge in [-0.3, -0.25) is 4.79 Å². The van der Waals surface area contributed by atoms with Crippen molar-refractivity contribution in [2.45, 2.75) is 131 Å². The predicted molar refractivity (Wildman–Crippen MR) is 183 cm³/mol. The predicted octanol–water partition coefficient (Wildman–Crippen LogP) is 9.77. The molecule has 1 heterocycles. The van der Waals surface area contributed by atoms with Gasteiger partial charge in [0, 0.05) is 17.5 Å². The average Bonchev–Trinajstić information content (AvgIpc) is 3.88. The first kappa shape index (κ1) is 30.8. The molecule has 0 spiro atoms. The normalized spacial score (nSPS) is 42.3. The fourth-order valence-electron chi connectivity index (χ4n) is 12.7. The number of carbonyl (C=O) groups excluding carboxylic acids is 1. The van der Waals surface area contributed by atoms with E-state index in [9.17, 15) is 4.79 Å². The van der Waals surface area contributed by atoms with Crippen LogP contribution in [0.4, 0.5) is 0 Å². The molecule has 0 unspecified atom stereocenters. The van der Waals surface area contributed by atoms with E-state index in [0.29, 0.717) is 36.2 Å². The lowest BCUT2D eigenvalue weighted by atomic mass is 9.33. The first-order valence-electron chi connectivity index (χ1n) is 18.6. The summed E-state index contributed by atoms with van der Waals surface area (Å²) in [5.41, 5.74) is 5.52. The molecule has 9 atom stereocenters. The SMILES string of the molecule is C[C@H]1[C@H](C)CC[C@]2(C(=O)OCc3ccccc3)CC[C@]3(C)C(=CC[C@@H]4[C@@]5(C)Cc6cnc(C7CC7)nc6C(C)(C)[C@@H]5CC[C@]43C)[C@H]12. The molecule has 4 fully saturated rings. The Morgan fingerprint density at radius 2 is 1.67 bits per heavy atom. The number of esters is 1. The van der Waals surface area contributed by atoms with Crippen molar-refractivity contribution in [1.29, 1.82) is 0 Å². The number of rotatable bonds is 4. The van der Waals surface area contributed by atoms with Crippen molar-refractivity contribution in [3.8, 4) is 0 Å². The van der Waals surface area contributed by atoms with Crippen LogP contribution >= 0.6 is 0 Å². The maximum atomic E-state index is 14.4. The number of carbonyl (C=O) groups is 1. The van der Waals surface area contributed by atoms with Crippen LogP contribution in [0.3, 0.4) is 0 Å². The van der Waals surface area contributed by atoms with Crippen LogP contribution in [-0.4, -0.2) is 15.9 Å². The molecule has 4 heteroatoms. The maximum absolute atomic E-state index is 14.4. The van der Waals surface area contributed by atoms with Crippen molar-refractivity contribution in [2.75, 3.05) is 0 Å². The van der Waals surface area contributed by atoms with Crippen molar-refractivity contribution >= 4 is 5.97 Å². The van der Waals surface area contributed by atoms with Gasteiger partial charge in [0.25, 0.3) is 0 Å². The van der Waals surface area contributed by atoms with E-state index in [0.717, 1.165) is 49.9 Å². The van der Waals surface area contributed by atoms with Crippen LogP contribution in [0.25, 0.3) is 0 Å². The van der Waals surface area contributed by atoms with Crippen LogP contribution in [0.5, 0.6) is 0 Å². The molecule has 6 aliphatic carbocycles. The van der Waals surface area contributed by atoms with Gasteiger partial charge in [-0.1, -0.05) is 90.4 Å². The van der Waals surface area contributed by atoms with E-state index in [2.05, 4.69) is 72.9 Å². The lowest BCUT2D eigenvalue weighted by Crippen LogP contribution is -2.65. The van der Waals surface area contributed by atoms with Gasteiger partial charge < -0.3 is 4.74 Å². The summed E-state index contributed by atoms with van der Waals surface area (Å²) in [7, 11) is 0. The summed E-state index contributed by atoms with van der Waals surface area (Å²) in [5.74, 6) is 4.28. The van der Waals surface area contributed by atoms with Crippen LogP contribution in [0, 0.1) is 51.2 Å². The summed E-state index contributed by atoms with van der Waals surface area (Å²) >= 11 is 0. The van der Waals surface area contributed by atoms with Crippen molar-refractivity contribution in [3.63, 3.8) is 0 Å². The summed E-state index contributed by atoms with van der Waals surface area (Å²) in [6.45, 7) is 18.2. The minimum absolute atomic E-state index is 0.0404. The van der Waals surface area contributed by atoms with E-state index in [1.165, 1.54) is 36.9 Å². The van der Waals surface area contributed by atoms with Crippen molar-refractivity contribution in [1.82, 2.24) is 9.97 Å². The monoisotopic (exact) mass is 620 g/mol. The zero-order valence-electron chi connectivity index (χ0n) is 29.5. The van der Waals surface area contributed by atoms with E-state index in [1.54, 1.807) is 5.57 Å². The zero-order valence-corrected chi connectivity index (χ0v) is 29.5. The second-order valence-electron chi connectivity index (χ2n) is 18.1. The molecule has 0 radical (unpaired) electrons. The Bertz CT molecular complexity index is 1580. The van der Waals surface area contributed by atoms with Crippen LogP contribution in [0.1, 0.15) is 135 Å². The topological polar surface area (TPSA) is 52.1 Å². The smallest absolute Gasteiger partial charge is 0.313 e. The molecule has 0 bridgehead atoms. The molecule has 0 amide bonds. The molecule has 0 N–H and O–H groups in total. The Morgan fingerprint density at radius 1 is 0.913 bits per heavy atom. The van der Waals surface area contributed by atoms with Gasteiger partial charge in [-0.25, -0.2) is 9.97 Å². The minimum Gasteiger partial charge on any atom is -0.460 e. The maximum Gasteiger partial charge on any atom is 0.313 e. The fourth-order valence-corrected chi connectivity index (χ4v) is 12.7. The van der Waals surface area contributed by atoms with Crippen molar-refractivity contribution in [2.24, 2.45) is 51.2 Å². The highest BCUT2D eigenvalue weighted by Crippen LogP contribution is 2.75. The molecule has 6 aliphatic rings. The number of hydrogen-bond acceptors (Lipinski definition) is 4. The Labute approximate surface area is 277 Å². The van der Waals surface area contributed by atoms with Gasteiger partial charge >= 0.3 is 5.97 Å². The highest BCUT2D eigenvalue weighted by atomic mass is 16.5. The Kier molecular flexibility index (Phi) is 6.87. The van der Waals surface area contributed by atoms with Crippen LogP contribution in [-0.2, 0) is 28.0 Å². The van der Waals surface area contributed by atoms with Crippen molar-refractivity contribution in [3.05, 3.63) is 70.8 Å². The summed E-state index contributed by atoms with van der Waals surface area (Å²) in [5, 5.41) is 0. The van der Waals surface area contributed by atoms with Gasteiger partial charge in [0.15, 0.2) is 0 Å². The van der Waals surface area contributed by atoms with Gasteiger partial charge in [0.1, 0.15) is 12.4 Å². The molecule has 4 nitrogen and oxygen atoms in total. The number of fused-ring (bicyclic) bond motifs is 8. The fraction of sp³-hybridized carbons (Fsp3) is 0.690. The Balaban J connectivity index is 1.16. The van der Waals surface area contributed by atoms with Gasteiger partial charge in [-0.05, 0) is 121 Å². The van der Waals surface area contributed by atoms with E-state index in [-0.39, 0.29) is 33.5 Å². The third-order valence-electron chi connectivity index (χ3n) is 15.8. The Morgan fingerprint density at radius 3 is 2.41 bits per heavy atom. The van der Waals surface area contributed by atoms with Crippen LogP contribution < -0.4 is 0 Å². The summed E-state index contributed by atoms with van der Waals surface area (Å²) in [4.78, 5) is 24.6. The number of allylic oxidation sites excluding steroid dienone is 2. The minimum atomic E-state index is -0.404. The van der Waals surface area contributed by atoms with Crippen LogP contribution in [0.2, 0.25) is 0 Å². The average molecular weight is 621 g/mol. The van der Waals surface area contributed by atoms with E-state index in [1.807, 2.05) is 18.2 Å². The number of hydrogen-bond donors (Lipinski definition) is 0. The summed E-state index contributed by atoms with van der Waals surface area (Å²) in [6.07, 6.45) is 16.2. The molecule has 0 aliphatic heterocycles. The lowest BCUT2D eigenvalue weighted by molar-refractivity contribution is -0.184. The molecule has 1 aromatic carbocycles. The van der Waals surface area contributed by atoms with E-state index in [4.69, 9.17) is 14.7 Å². The van der Waals surface area contributed by atoms with E-state index >= 15 is 0 Å². The molecule has 4 saturated carbocycles. The van der Waals surface area contributed by atoms with Gasteiger partial charge in [0.05, 0.1) is 11.1 Å². The molecule has 2 aromatic rings. The van der Waals surface area contributed by atoms with E-state index < -0.39 is 5.41 Å². The van der Waals surface area contributed by atoms with Gasteiger partial charge in [0.2, 0.25) is 0 Å². The molecule has 0 saturated heterocycles. The molecular formula is C42H56N2O2. The second kappa shape index (κ2) is 10.3. The van der Waals surface area contributed by atoms with Crippen molar-refractivity contribution < 1.29 is 9.53 Å². The standard InChI is InChI=1S/C42H56N2O2/c1-26-17-20-42(37(45)46-25-28-11-9-8-10-12-28)22-21-40(6)31(34(42)27(26)2)15-16-33-39(5)23-30-24-43-36(29-13-14-29)44-35(30)38(3,4)32(39)18-19-41(33,40)7/h8-12,15,24,26-27,29,32-34H,13-14,16-23,25H2,1-7H3/t26-,27+,32+,33-,34+,39+,40-,41-,42+/m1/s1. The summed E-state index contributed by atoms with van der Waals surface area (Å²) in [6, 6.07) is 10.2. The largest absolute Gasteiger partial charge is 0.460 e. The highest BCUT2D eigenvalue weighted by molar-refractivity contribution is 5.79. The molecular weight excluding hydrogens is 564 g/mol. The first-order chi connectivity index (χ1) is 21.8. The molecule has 8 rings (SSSR count). The second-order valence-corrected chi connectivity index (χ2v) is 18.1. The van der Waals surface area contributed by atoms with Gasteiger partial charge in [-0.15, -0.1) is 0 Å².